The lowest BCUT2D eigenvalue weighted by molar-refractivity contribution is 0.411. The van der Waals surface area contributed by atoms with E-state index in [0.717, 1.165) is 46.3 Å². The lowest BCUT2D eigenvalue weighted by Crippen LogP contribution is -2.29. The highest BCUT2D eigenvalue weighted by molar-refractivity contribution is 8.84. The lowest BCUT2D eigenvalue weighted by Gasteiger charge is -2.24. The van der Waals surface area contributed by atoms with Gasteiger partial charge in [-0.05, 0) is 95.8 Å². The third-order valence-electron chi connectivity index (χ3n) is 5.94. The van der Waals surface area contributed by atoms with Gasteiger partial charge < -0.3 is 14.5 Å². The van der Waals surface area contributed by atoms with Crippen molar-refractivity contribution in [1.29, 1.82) is 0 Å². The first-order valence-electron chi connectivity index (χ1n) is 14.1. The Balaban J connectivity index is 1.82. The van der Waals surface area contributed by atoms with Gasteiger partial charge in [0, 0.05) is 36.0 Å². The molecule has 0 atom stereocenters. The van der Waals surface area contributed by atoms with Crippen molar-refractivity contribution in [3.63, 3.8) is 0 Å². The van der Waals surface area contributed by atoms with Crippen LogP contribution in [-0.4, -0.2) is 44.6 Å². The van der Waals surface area contributed by atoms with Crippen LogP contribution in [0.3, 0.4) is 0 Å². The largest absolute Gasteiger partial charge is 0.457 e. The molecule has 0 spiro atoms. The molecule has 0 fully saturated rings. The quantitative estimate of drug-likeness (QED) is 0.116. The average molecular weight is 641 g/mol. The molecule has 39 heavy (non-hydrogen) atoms. The maximum atomic E-state index is 6.09. The highest BCUT2D eigenvalue weighted by Crippen LogP contribution is 2.37. The van der Waals surface area contributed by atoms with Crippen LogP contribution in [0.25, 0.3) is 0 Å². The molecule has 2 aromatic carbocycles. The van der Waals surface area contributed by atoms with Crippen molar-refractivity contribution in [3.05, 3.63) is 48.5 Å². The summed E-state index contributed by atoms with van der Waals surface area (Å²) in [7, 11) is 6.80. The van der Waals surface area contributed by atoms with E-state index in [1.807, 2.05) is 24.3 Å². The zero-order valence-corrected chi connectivity index (χ0v) is 28.8. The maximum Gasteiger partial charge on any atom is 0.147 e. The maximum absolute atomic E-state index is 6.09. The molecule has 0 N–H and O–H groups in total. The summed E-state index contributed by atoms with van der Waals surface area (Å²) < 4.78 is 8.05. The molecule has 0 saturated heterocycles. The molecule has 2 rings (SSSR count). The molecule has 0 aliphatic carbocycles. The van der Waals surface area contributed by atoms with Crippen molar-refractivity contribution in [1.82, 2.24) is 9.80 Å². The van der Waals surface area contributed by atoms with Crippen LogP contribution in [0.15, 0.2) is 58.3 Å². The van der Waals surface area contributed by atoms with Crippen LogP contribution in [-0.2, 0) is 0 Å². The van der Waals surface area contributed by atoms with Gasteiger partial charge in [-0.15, -0.1) is 0 Å². The number of unbranched alkanes of at least 4 members (excludes halogenated alkanes) is 4. The zero-order chi connectivity index (χ0) is 28.3. The monoisotopic (exact) mass is 640 g/mol. The van der Waals surface area contributed by atoms with Crippen LogP contribution in [0.2, 0.25) is 0 Å². The molecule has 0 aliphatic heterocycles. The standard InChI is InChI=1S/C30H44N2OS6/c1-5-9-21-31(22-10-6-2)29(34)38-36-27-17-13-25(14-18-27)33-26-15-19-28(20-16-26)37-39-30(35)32(23-11-7-3)24-12-8-4/h13-20H,5-12,21-24H2,1-4H3. The highest BCUT2D eigenvalue weighted by atomic mass is 33.1. The van der Waals surface area contributed by atoms with Crippen LogP contribution in [0.5, 0.6) is 11.5 Å². The van der Waals surface area contributed by atoms with Crippen molar-refractivity contribution in [2.45, 2.75) is 88.9 Å². The smallest absolute Gasteiger partial charge is 0.147 e. The summed E-state index contributed by atoms with van der Waals surface area (Å²) in [5, 5.41) is 0. The molecule has 9 heteroatoms. The SMILES string of the molecule is CCCCN(CCCC)C(=S)SSc1ccc(Oc2ccc(SSC(=S)N(CCCC)CCCC)cc2)cc1. The third kappa shape index (κ3) is 14.2. The molecule has 0 aromatic heterocycles. The fraction of sp³-hybridized carbons (Fsp3) is 0.533. The van der Waals surface area contributed by atoms with E-state index in [-0.39, 0.29) is 0 Å². The summed E-state index contributed by atoms with van der Waals surface area (Å²) in [6.45, 7) is 13.1. The van der Waals surface area contributed by atoms with Gasteiger partial charge in [0.15, 0.2) is 0 Å². The normalized spacial score (nSPS) is 10.9. The van der Waals surface area contributed by atoms with Gasteiger partial charge in [0.05, 0.1) is 0 Å². The summed E-state index contributed by atoms with van der Waals surface area (Å²) in [6, 6.07) is 16.5. The first-order chi connectivity index (χ1) is 19.0. The molecule has 3 nitrogen and oxygen atoms in total. The van der Waals surface area contributed by atoms with E-state index < -0.39 is 0 Å². The van der Waals surface area contributed by atoms with E-state index in [0.29, 0.717) is 0 Å². The molecule has 0 saturated carbocycles. The first kappa shape index (κ1) is 34.6. The summed E-state index contributed by atoms with van der Waals surface area (Å²) in [5.74, 6) is 1.66. The van der Waals surface area contributed by atoms with Gasteiger partial charge in [0.1, 0.15) is 20.1 Å². The van der Waals surface area contributed by atoms with Crippen LogP contribution in [0.1, 0.15) is 79.1 Å². The van der Waals surface area contributed by atoms with Crippen molar-refractivity contribution in [2.24, 2.45) is 0 Å². The minimum Gasteiger partial charge on any atom is -0.457 e. The number of ether oxygens (including phenoxy) is 1. The molecule has 0 unspecified atom stereocenters. The van der Waals surface area contributed by atoms with E-state index in [1.165, 1.54) is 61.2 Å². The average Bonchev–Trinajstić information content (AvgIpc) is 2.96. The third-order valence-corrected chi connectivity index (χ3v) is 12.1. The predicted molar refractivity (Wildman–Crippen MR) is 188 cm³/mol. The van der Waals surface area contributed by atoms with Crippen LogP contribution in [0.4, 0.5) is 0 Å². The topological polar surface area (TPSA) is 15.7 Å². The molecule has 216 valence electrons. The Morgan fingerprint density at radius 2 is 0.872 bits per heavy atom. The Morgan fingerprint density at radius 1 is 0.564 bits per heavy atom. The Hall–Kier alpha value is -0.580. The molecular formula is C30H44N2OS6. The number of hydrogen-bond acceptors (Lipinski definition) is 7. The molecule has 0 radical (unpaired) electrons. The second-order valence-corrected chi connectivity index (χ2v) is 15.0. The molecular weight excluding hydrogens is 597 g/mol. The van der Waals surface area contributed by atoms with Gasteiger partial charge in [-0.25, -0.2) is 0 Å². The molecule has 2 aromatic rings. The van der Waals surface area contributed by atoms with E-state index >= 15 is 0 Å². The molecule has 0 heterocycles. The fourth-order valence-electron chi connectivity index (χ4n) is 3.52. The zero-order valence-electron chi connectivity index (χ0n) is 23.9. The van der Waals surface area contributed by atoms with Gasteiger partial charge in [0.2, 0.25) is 0 Å². The highest BCUT2D eigenvalue weighted by Gasteiger charge is 2.12. The summed E-state index contributed by atoms with van der Waals surface area (Å²) in [5.41, 5.74) is 0. The Labute approximate surface area is 264 Å². The molecule has 0 amide bonds. The van der Waals surface area contributed by atoms with Crippen molar-refractivity contribution in [2.75, 3.05) is 26.2 Å². The van der Waals surface area contributed by atoms with Crippen LogP contribution in [0, 0.1) is 0 Å². The van der Waals surface area contributed by atoms with Crippen molar-refractivity contribution in [3.8, 4) is 11.5 Å². The molecule has 0 aliphatic rings. The van der Waals surface area contributed by atoms with E-state index in [4.69, 9.17) is 29.2 Å². The second-order valence-electron chi connectivity index (χ2n) is 9.30. The van der Waals surface area contributed by atoms with E-state index in [1.54, 1.807) is 43.2 Å². The van der Waals surface area contributed by atoms with Gasteiger partial charge in [-0.1, -0.05) is 99.4 Å². The van der Waals surface area contributed by atoms with Crippen molar-refractivity contribution >= 4 is 76.3 Å². The first-order valence-corrected chi connectivity index (χ1v) is 19.3. The van der Waals surface area contributed by atoms with E-state index in [9.17, 15) is 0 Å². The fourth-order valence-corrected chi connectivity index (χ4v) is 8.21. The van der Waals surface area contributed by atoms with Gasteiger partial charge in [-0.3, -0.25) is 0 Å². The number of nitrogens with zero attached hydrogens (tertiary/aromatic N) is 2. The number of benzene rings is 2. The Morgan fingerprint density at radius 3 is 1.15 bits per heavy atom. The Bertz CT molecular complexity index is 861. The van der Waals surface area contributed by atoms with Crippen molar-refractivity contribution < 1.29 is 4.74 Å². The molecule has 0 bridgehead atoms. The van der Waals surface area contributed by atoms with Gasteiger partial charge in [0.25, 0.3) is 0 Å². The van der Waals surface area contributed by atoms with Gasteiger partial charge in [-0.2, -0.15) is 0 Å². The minimum absolute atomic E-state index is 0.831. The number of hydrogen-bond donors (Lipinski definition) is 0. The van der Waals surface area contributed by atoms with Gasteiger partial charge >= 0.3 is 0 Å². The van der Waals surface area contributed by atoms with Crippen LogP contribution >= 0.6 is 67.6 Å². The predicted octanol–water partition coefficient (Wildman–Crippen LogP) is 11.3. The number of thiocarbonyl (C=S) groups is 2. The summed E-state index contributed by atoms with van der Waals surface area (Å²) in [6.07, 6.45) is 9.50. The Kier molecular flexibility index (Phi) is 18.8. The lowest BCUT2D eigenvalue weighted by atomic mass is 10.3. The number of rotatable bonds is 18. The second kappa shape index (κ2) is 21.2. The summed E-state index contributed by atoms with van der Waals surface area (Å²) in [4.78, 5) is 7.07. The van der Waals surface area contributed by atoms with E-state index in [2.05, 4.69) is 61.8 Å². The van der Waals surface area contributed by atoms with Crippen LogP contribution < -0.4 is 4.74 Å². The summed E-state index contributed by atoms with van der Waals surface area (Å²) >= 11 is 11.5. The minimum atomic E-state index is 0.831.